The normalized spacial score (nSPS) is 25.5. The van der Waals surface area contributed by atoms with Gasteiger partial charge in [0, 0.05) is 44.7 Å². The summed E-state index contributed by atoms with van der Waals surface area (Å²) in [7, 11) is -6.71. The summed E-state index contributed by atoms with van der Waals surface area (Å²) in [5.41, 5.74) is -6.76. The fraction of sp³-hybridized carbons (Fsp3) is 0.537. The van der Waals surface area contributed by atoms with Crippen LogP contribution in [0.5, 0.6) is 0 Å². The van der Waals surface area contributed by atoms with Crippen molar-refractivity contribution in [3.63, 3.8) is 0 Å². The molecule has 8 aliphatic carbocycles. The second kappa shape index (κ2) is 38.1. The molecule has 120 heavy (non-hydrogen) atoms. The van der Waals surface area contributed by atoms with E-state index in [-0.39, 0.29) is 44.9 Å². The van der Waals surface area contributed by atoms with E-state index in [9.17, 15) is 102 Å². The maximum atomic E-state index is 13.7. The van der Waals surface area contributed by atoms with Crippen LogP contribution in [0.1, 0.15) is 129 Å². The molecule has 16 rings (SSSR count). The molecule has 6 atom stereocenters. The molecule has 8 saturated carbocycles. The Kier molecular flexibility index (Phi) is 31.8. The zero-order valence-corrected chi connectivity index (χ0v) is 71.6. The largest absolute Gasteiger partial charge is 0.522 e. The summed E-state index contributed by atoms with van der Waals surface area (Å²) in [6.07, 6.45) is -5.70. The van der Waals surface area contributed by atoms with Gasteiger partial charge in [0.15, 0.2) is 40.9 Å². The number of alkyl halides is 21. The van der Waals surface area contributed by atoms with Gasteiger partial charge in [-0.05, 0) is 277 Å². The predicted molar refractivity (Wildman–Crippen MR) is 420 cm³/mol. The first-order chi connectivity index (χ1) is 54.9. The highest BCUT2D eigenvalue weighted by Crippen LogP contribution is 2.66. The summed E-state index contributed by atoms with van der Waals surface area (Å²) in [4.78, 5) is 31.2. The SMILES string of the molecule is C.CC(F)(F)C(=O)OC12CC3CC(C1)C1(OCC(F)(F)C(F)(F)CO1)C(C3)C2.CC(F)(F)C(=O)OC12CC3CC(C1)C1(OCC(F)(F)C(F)(F)CO1)C(C3)C2.CC[NH+](CC)CC.Cc1ccc([S+](c2ccc(I)cc2)c2ccc(C(F)(F)F)cc2)cc1.Cc1ccc([S+](c2ccc(I)cc2)c2ccc(C(F)(F)F)cc2)cc1.O=S(=O)(O)C(F)(F)F. The minimum absolute atomic E-state index is 0. The minimum Gasteiger partial charge on any atom is -0.455 e. The van der Waals surface area contributed by atoms with Crippen LogP contribution in [0.15, 0.2) is 175 Å². The lowest BCUT2D eigenvalue weighted by molar-refractivity contribution is -0.894. The number of aryl methyl sites for hydroxylation is 2. The van der Waals surface area contributed by atoms with E-state index in [1.807, 2.05) is 111 Å². The van der Waals surface area contributed by atoms with Crippen LogP contribution in [-0.4, -0.2) is 135 Å². The molecule has 2 N–H and O–H groups in total. The maximum Gasteiger partial charge on any atom is 0.522 e. The smallest absolute Gasteiger partial charge is 0.455 e. The minimum atomic E-state index is -5.84. The zero-order chi connectivity index (χ0) is 88.5. The van der Waals surface area contributed by atoms with Gasteiger partial charge in [0.2, 0.25) is 0 Å². The van der Waals surface area contributed by atoms with Crippen molar-refractivity contribution < 1.29 is 148 Å². The molecule has 6 aromatic rings. The molecule has 6 aromatic carbocycles. The molecular weight excluding hydrogens is 1920 g/mol. The number of rotatable bonds is 13. The number of nitrogens with one attached hydrogen (secondary N) is 1. The van der Waals surface area contributed by atoms with E-state index in [1.165, 1.54) is 19.6 Å². The van der Waals surface area contributed by atoms with Gasteiger partial charge in [-0.25, -0.2) is 9.59 Å². The van der Waals surface area contributed by atoms with Crippen molar-refractivity contribution in [2.45, 2.75) is 226 Å². The average Bonchev–Trinajstić information content (AvgIpc) is 1.17. The van der Waals surface area contributed by atoms with Gasteiger partial charge < -0.3 is 33.3 Å². The molecule has 10 aliphatic rings. The van der Waals surface area contributed by atoms with E-state index in [2.05, 4.69) is 66.0 Å². The lowest BCUT2D eigenvalue weighted by atomic mass is 9.51. The van der Waals surface area contributed by atoms with Crippen LogP contribution in [0.4, 0.5) is 92.2 Å². The topological polar surface area (TPSA) is 148 Å². The molecule has 666 valence electrons. The molecule has 6 unspecified atom stereocenters. The van der Waals surface area contributed by atoms with E-state index in [1.54, 1.807) is 29.2 Å². The highest BCUT2D eigenvalue weighted by atomic mass is 127. The summed E-state index contributed by atoms with van der Waals surface area (Å²) in [5, 5.41) is 0. The van der Waals surface area contributed by atoms with Gasteiger partial charge in [0.05, 0.1) is 52.6 Å². The summed E-state index contributed by atoms with van der Waals surface area (Å²) in [6, 6.07) is 43.6. The number of benzene rings is 6. The Morgan fingerprint density at radius 2 is 0.642 bits per heavy atom. The number of esters is 2. The average molecular weight is 2020 g/mol. The standard InChI is InChI=1S/2C20H15F3IS.2C17H20F6O4.C6H15N.CHF3O3S.CH4/c2*1-14-2-8-17(9-3-14)25(19-12-6-16(24)7-13-19)18-10-4-15(5-11-18)20(21,22)23;2*1-13(18,19)12(24)27-14-4-9-2-10(5-14)17(11(3-9)6-14)25-7-15(20,21)16(22,23)8-26-17;1-4-7(5-2)6-3;2-1(3,4)8(5,6)7;/h2*2-13H,1H3;2*9-11H,2-8H2,1H3;4-6H2,1-3H3;(H,5,6,7);1H4/q2*+1;;;;;/p+1. The summed E-state index contributed by atoms with van der Waals surface area (Å²) >= 11 is 4.49. The van der Waals surface area contributed by atoms with Gasteiger partial charge in [-0.2, -0.15) is 101 Å². The van der Waals surface area contributed by atoms with E-state index >= 15 is 0 Å². The van der Waals surface area contributed by atoms with Gasteiger partial charge in [-0.3, -0.25) is 4.55 Å². The van der Waals surface area contributed by atoms with Crippen molar-refractivity contribution >= 4 is 89.0 Å². The number of carbonyl (C=O) groups is 2. The molecule has 38 heteroatoms. The lowest BCUT2D eigenvalue weighted by Gasteiger charge is -2.63. The number of halogens is 23. The van der Waals surface area contributed by atoms with Crippen molar-refractivity contribution in [3.05, 3.63) is 175 Å². The summed E-state index contributed by atoms with van der Waals surface area (Å²) in [5.74, 6) is -33.5. The van der Waals surface area contributed by atoms with Crippen LogP contribution in [0, 0.1) is 56.5 Å². The first-order valence-corrected chi connectivity index (χ1v) is 43.6. The van der Waals surface area contributed by atoms with Gasteiger partial charge in [0.25, 0.3) is 0 Å². The molecule has 2 aliphatic heterocycles. The molecule has 0 aromatic heterocycles. The fourth-order valence-electron chi connectivity index (χ4n) is 16.4. The Hall–Kier alpha value is -5.34. The fourth-order valence-corrected chi connectivity index (χ4v) is 21.2. The molecule has 2 heterocycles. The molecule has 12 nitrogen and oxygen atoms in total. The molecule has 8 bridgehead atoms. The first-order valence-electron chi connectivity index (χ1n) is 37.5. The van der Waals surface area contributed by atoms with Gasteiger partial charge >= 0.3 is 75.5 Å². The van der Waals surface area contributed by atoms with Crippen LogP contribution >= 0.6 is 45.2 Å². The Morgan fingerprint density at radius 3 is 0.833 bits per heavy atom. The van der Waals surface area contributed by atoms with Crippen molar-refractivity contribution in [3.8, 4) is 0 Å². The molecule has 2 spiro atoms. The monoisotopic (exact) mass is 2010 g/mol. The highest BCUT2D eigenvalue weighted by molar-refractivity contribution is 14.1. The number of carbonyl (C=O) groups excluding carboxylic acids is 2. The number of hydrogen-bond donors (Lipinski definition) is 2. The third-order valence-electron chi connectivity index (χ3n) is 22.1. The number of ether oxygens (including phenoxy) is 6. The lowest BCUT2D eigenvalue weighted by Crippen LogP contribution is -3.11. The van der Waals surface area contributed by atoms with Crippen LogP contribution < -0.4 is 4.90 Å². The third kappa shape index (κ3) is 23.7. The second-order valence-electron chi connectivity index (χ2n) is 30.9. The quantitative estimate of drug-likeness (QED) is 0.0284. The van der Waals surface area contributed by atoms with Crippen LogP contribution in [-0.2, 0) is 82.3 Å². The maximum absolute atomic E-state index is 13.7. The van der Waals surface area contributed by atoms with Crippen LogP contribution in [0.2, 0.25) is 0 Å². The van der Waals surface area contributed by atoms with Crippen molar-refractivity contribution in [2.24, 2.45) is 35.5 Å². The van der Waals surface area contributed by atoms with E-state index in [0.29, 0.717) is 52.4 Å². The Morgan fingerprint density at radius 1 is 0.425 bits per heavy atom. The zero-order valence-electron chi connectivity index (χ0n) is 64.8. The highest BCUT2D eigenvalue weighted by Gasteiger charge is 2.72. The van der Waals surface area contributed by atoms with Crippen molar-refractivity contribution in [2.75, 3.05) is 46.1 Å². The molecule has 0 amide bonds. The van der Waals surface area contributed by atoms with E-state index < -0.39 is 181 Å². The number of hydrogen-bond acceptors (Lipinski definition) is 10. The van der Waals surface area contributed by atoms with Gasteiger partial charge in [-0.1, -0.05) is 42.8 Å². The van der Waals surface area contributed by atoms with E-state index in [0.717, 1.165) is 71.9 Å². The Balaban J connectivity index is 0.000000188. The summed E-state index contributed by atoms with van der Waals surface area (Å²) in [6.45, 7) is 9.51. The van der Waals surface area contributed by atoms with Gasteiger partial charge in [-0.15, -0.1) is 0 Å². The predicted octanol–water partition coefficient (Wildman–Crippen LogP) is 21.9. The third-order valence-corrected chi connectivity index (χ3v) is 28.6. The molecular formula is C82H91F21I2NO11S3+3. The number of quaternary nitrogens is 1. The van der Waals surface area contributed by atoms with Crippen LogP contribution in [0.25, 0.3) is 0 Å². The Labute approximate surface area is 714 Å². The molecule has 10 fully saturated rings. The molecule has 0 radical (unpaired) electrons. The summed E-state index contributed by atoms with van der Waals surface area (Å²) < 4.78 is 331. The Bertz CT molecular complexity index is 4090. The van der Waals surface area contributed by atoms with Crippen molar-refractivity contribution in [1.29, 1.82) is 0 Å². The van der Waals surface area contributed by atoms with E-state index in [4.69, 9.17) is 41.4 Å². The van der Waals surface area contributed by atoms with Crippen molar-refractivity contribution in [1.82, 2.24) is 0 Å². The van der Waals surface area contributed by atoms with Crippen LogP contribution in [0.3, 0.4) is 0 Å². The first kappa shape index (κ1) is 100. The molecule has 2 saturated heterocycles. The second-order valence-corrected chi connectivity index (χ2v) is 38.9. The van der Waals surface area contributed by atoms with Gasteiger partial charge in [0.1, 0.15) is 37.6 Å².